The van der Waals surface area contributed by atoms with E-state index in [1.54, 1.807) is 13.2 Å². The molecule has 0 saturated heterocycles. The first-order chi connectivity index (χ1) is 8.15. The third-order valence-electron chi connectivity index (χ3n) is 2.60. The zero-order valence-electron chi connectivity index (χ0n) is 9.75. The summed E-state index contributed by atoms with van der Waals surface area (Å²) in [6, 6.07) is 5.84. The average molecular weight is 296 g/mol. The minimum Gasteiger partial charge on any atom is -0.496 e. The summed E-state index contributed by atoms with van der Waals surface area (Å²) in [5.41, 5.74) is 8.58. The summed E-state index contributed by atoms with van der Waals surface area (Å²) in [5.74, 6) is 1.33. The average Bonchev–Trinajstić information content (AvgIpc) is 2.74. The molecule has 0 aliphatic carbocycles. The molecule has 0 spiro atoms. The van der Waals surface area contributed by atoms with E-state index in [1.165, 1.54) is 0 Å². The lowest BCUT2D eigenvalue weighted by Gasteiger charge is -2.12. The number of aromatic nitrogens is 2. The van der Waals surface area contributed by atoms with Gasteiger partial charge in [-0.15, -0.1) is 0 Å². The van der Waals surface area contributed by atoms with Crippen LogP contribution in [-0.4, -0.2) is 17.3 Å². The molecule has 0 radical (unpaired) electrons. The second-order valence-electron chi connectivity index (χ2n) is 3.71. The largest absolute Gasteiger partial charge is 0.496 e. The van der Waals surface area contributed by atoms with Gasteiger partial charge in [0, 0.05) is 16.1 Å². The number of aryl methyl sites for hydroxylation is 1. The van der Waals surface area contributed by atoms with Gasteiger partial charge in [0.2, 0.25) is 0 Å². The van der Waals surface area contributed by atoms with Gasteiger partial charge in [0.15, 0.2) is 0 Å². The Kier molecular flexibility index (Phi) is 3.38. The van der Waals surface area contributed by atoms with E-state index in [0.717, 1.165) is 33.5 Å². The van der Waals surface area contributed by atoms with Gasteiger partial charge in [-0.05, 0) is 24.1 Å². The van der Waals surface area contributed by atoms with Gasteiger partial charge in [-0.2, -0.15) is 5.10 Å². The number of methoxy groups -OCH3 is 1. The van der Waals surface area contributed by atoms with Crippen LogP contribution in [0.3, 0.4) is 0 Å². The Morgan fingerprint density at radius 1 is 1.41 bits per heavy atom. The third-order valence-corrected chi connectivity index (χ3v) is 3.06. The van der Waals surface area contributed by atoms with E-state index in [2.05, 4.69) is 39.1 Å². The Balaban J connectivity index is 2.63. The SMILES string of the molecule is CCc1cc(Br)cc(-c2cc(N)n[nH]2)c1OC. The van der Waals surface area contributed by atoms with Gasteiger partial charge < -0.3 is 10.5 Å². The molecule has 5 heteroatoms. The van der Waals surface area contributed by atoms with E-state index in [1.807, 2.05) is 6.07 Å². The van der Waals surface area contributed by atoms with Gasteiger partial charge in [0.25, 0.3) is 0 Å². The molecular weight excluding hydrogens is 282 g/mol. The number of ether oxygens (including phenoxy) is 1. The Bertz CT molecular complexity index is 537. The number of nitrogens with two attached hydrogens (primary N) is 1. The van der Waals surface area contributed by atoms with Crippen LogP contribution < -0.4 is 10.5 Å². The molecule has 0 bridgehead atoms. The van der Waals surface area contributed by atoms with Gasteiger partial charge in [0.1, 0.15) is 11.6 Å². The molecule has 3 N–H and O–H groups in total. The van der Waals surface area contributed by atoms with Crippen molar-refractivity contribution in [2.45, 2.75) is 13.3 Å². The van der Waals surface area contributed by atoms with Crippen LogP contribution >= 0.6 is 15.9 Å². The molecule has 0 saturated carbocycles. The van der Waals surface area contributed by atoms with Crippen LogP contribution in [0.1, 0.15) is 12.5 Å². The number of anilines is 1. The smallest absolute Gasteiger partial charge is 0.145 e. The number of hydrogen-bond acceptors (Lipinski definition) is 3. The van der Waals surface area contributed by atoms with Crippen LogP contribution in [0.25, 0.3) is 11.3 Å². The van der Waals surface area contributed by atoms with Crippen LogP contribution in [0.15, 0.2) is 22.7 Å². The molecule has 90 valence electrons. The maximum atomic E-state index is 5.62. The van der Waals surface area contributed by atoms with E-state index < -0.39 is 0 Å². The van der Waals surface area contributed by atoms with E-state index in [9.17, 15) is 0 Å². The van der Waals surface area contributed by atoms with E-state index >= 15 is 0 Å². The van der Waals surface area contributed by atoms with Gasteiger partial charge in [-0.1, -0.05) is 22.9 Å². The van der Waals surface area contributed by atoms with Crippen molar-refractivity contribution >= 4 is 21.7 Å². The summed E-state index contributed by atoms with van der Waals surface area (Å²) >= 11 is 3.50. The van der Waals surface area contributed by atoms with Gasteiger partial charge in [-0.25, -0.2) is 0 Å². The van der Waals surface area contributed by atoms with Crippen molar-refractivity contribution in [3.63, 3.8) is 0 Å². The van der Waals surface area contributed by atoms with E-state index in [4.69, 9.17) is 10.5 Å². The molecule has 1 aromatic carbocycles. The highest BCUT2D eigenvalue weighted by Gasteiger charge is 2.13. The summed E-state index contributed by atoms with van der Waals surface area (Å²) < 4.78 is 6.49. The Labute approximate surface area is 108 Å². The lowest BCUT2D eigenvalue weighted by molar-refractivity contribution is 0.411. The number of hydrogen-bond donors (Lipinski definition) is 2. The van der Waals surface area contributed by atoms with Crippen molar-refractivity contribution < 1.29 is 4.74 Å². The normalized spacial score (nSPS) is 10.5. The maximum Gasteiger partial charge on any atom is 0.145 e. The van der Waals surface area contributed by atoms with Crippen LogP contribution in [0.2, 0.25) is 0 Å². The van der Waals surface area contributed by atoms with E-state index in [0.29, 0.717) is 5.82 Å². The molecule has 17 heavy (non-hydrogen) atoms. The molecule has 1 heterocycles. The predicted molar refractivity (Wildman–Crippen MR) is 72.1 cm³/mol. The highest BCUT2D eigenvalue weighted by molar-refractivity contribution is 9.10. The quantitative estimate of drug-likeness (QED) is 0.915. The second kappa shape index (κ2) is 4.79. The Hall–Kier alpha value is -1.49. The van der Waals surface area contributed by atoms with Crippen molar-refractivity contribution in [3.05, 3.63) is 28.2 Å². The van der Waals surface area contributed by atoms with Crippen molar-refractivity contribution in [2.75, 3.05) is 12.8 Å². The maximum absolute atomic E-state index is 5.62. The lowest BCUT2D eigenvalue weighted by atomic mass is 10.0. The van der Waals surface area contributed by atoms with Gasteiger partial charge >= 0.3 is 0 Å². The summed E-state index contributed by atoms with van der Waals surface area (Å²) in [6.07, 6.45) is 0.902. The van der Waals surface area contributed by atoms with Crippen LogP contribution in [0, 0.1) is 0 Å². The molecule has 0 fully saturated rings. The molecule has 1 aromatic heterocycles. The number of benzene rings is 1. The molecule has 0 amide bonds. The van der Waals surface area contributed by atoms with Crippen molar-refractivity contribution in [3.8, 4) is 17.0 Å². The summed E-state index contributed by atoms with van der Waals surface area (Å²) in [6.45, 7) is 2.09. The monoisotopic (exact) mass is 295 g/mol. The van der Waals surface area contributed by atoms with Crippen molar-refractivity contribution in [2.24, 2.45) is 0 Å². The Morgan fingerprint density at radius 3 is 2.71 bits per heavy atom. The first-order valence-corrected chi connectivity index (χ1v) is 6.12. The third kappa shape index (κ3) is 2.29. The van der Waals surface area contributed by atoms with Crippen LogP contribution in [0.4, 0.5) is 5.82 Å². The number of nitrogens with zero attached hydrogens (tertiary/aromatic N) is 1. The summed E-state index contributed by atoms with van der Waals surface area (Å²) in [7, 11) is 1.67. The number of nitrogen functional groups attached to an aromatic ring is 1. The highest BCUT2D eigenvalue weighted by Crippen LogP contribution is 2.35. The fraction of sp³-hybridized carbons (Fsp3) is 0.250. The molecule has 4 nitrogen and oxygen atoms in total. The number of H-pyrrole nitrogens is 1. The molecular formula is C12H14BrN3O. The zero-order chi connectivity index (χ0) is 12.4. The van der Waals surface area contributed by atoms with E-state index in [-0.39, 0.29) is 0 Å². The number of aromatic amines is 1. The first-order valence-electron chi connectivity index (χ1n) is 5.33. The van der Waals surface area contributed by atoms with Crippen LogP contribution in [-0.2, 0) is 6.42 Å². The van der Waals surface area contributed by atoms with Crippen LogP contribution in [0.5, 0.6) is 5.75 Å². The standard InChI is InChI=1S/C12H14BrN3O/c1-3-7-4-8(13)5-9(12(7)17-2)10-6-11(14)16-15-10/h4-6H,3H2,1-2H3,(H3,14,15,16). The summed E-state index contributed by atoms with van der Waals surface area (Å²) in [4.78, 5) is 0. The molecule has 0 unspecified atom stereocenters. The first kappa shape index (κ1) is 12.0. The minimum atomic E-state index is 0.472. The zero-order valence-corrected chi connectivity index (χ0v) is 11.3. The predicted octanol–water partition coefficient (Wildman–Crippen LogP) is 2.99. The van der Waals surface area contributed by atoms with Gasteiger partial charge in [0.05, 0.1) is 12.8 Å². The topological polar surface area (TPSA) is 63.9 Å². The number of nitrogens with one attached hydrogen (secondary N) is 1. The second-order valence-corrected chi connectivity index (χ2v) is 4.62. The minimum absolute atomic E-state index is 0.472. The molecule has 2 rings (SSSR count). The van der Waals surface area contributed by atoms with Crippen molar-refractivity contribution in [1.82, 2.24) is 10.2 Å². The van der Waals surface area contributed by atoms with Gasteiger partial charge in [-0.3, -0.25) is 5.10 Å². The van der Waals surface area contributed by atoms with Crippen molar-refractivity contribution in [1.29, 1.82) is 0 Å². The highest BCUT2D eigenvalue weighted by atomic mass is 79.9. The lowest BCUT2D eigenvalue weighted by Crippen LogP contribution is -1.94. The molecule has 0 aliphatic heterocycles. The molecule has 0 aliphatic rings. The Morgan fingerprint density at radius 2 is 2.18 bits per heavy atom. The summed E-state index contributed by atoms with van der Waals surface area (Å²) in [5, 5.41) is 6.83. The molecule has 2 aromatic rings. The number of halogens is 1. The molecule has 0 atom stereocenters. The fourth-order valence-electron chi connectivity index (χ4n) is 1.83. The fourth-order valence-corrected chi connectivity index (χ4v) is 2.33. The number of rotatable bonds is 3.